The first-order valence-electron chi connectivity index (χ1n) is 11.1. The highest BCUT2D eigenvalue weighted by molar-refractivity contribution is 6.42. The molecular formula is C23H33Cl2N3O2. The molecule has 2 fully saturated rings. The third kappa shape index (κ3) is 5.89. The monoisotopic (exact) mass is 453 g/mol. The number of carbonyl (C=O) groups excluding carboxylic acids is 2. The van der Waals surface area contributed by atoms with Crippen LogP contribution in [0.5, 0.6) is 0 Å². The highest BCUT2D eigenvalue weighted by Crippen LogP contribution is 2.31. The average molecular weight is 454 g/mol. The topological polar surface area (TPSA) is 52.7 Å². The van der Waals surface area contributed by atoms with E-state index >= 15 is 0 Å². The summed E-state index contributed by atoms with van der Waals surface area (Å²) in [6.45, 7) is 7.73. The van der Waals surface area contributed by atoms with Crippen LogP contribution in [0.4, 0.5) is 0 Å². The summed E-state index contributed by atoms with van der Waals surface area (Å²) in [7, 11) is 0. The fraction of sp³-hybridized carbons (Fsp3) is 0.652. The van der Waals surface area contributed by atoms with Crippen LogP contribution in [0.2, 0.25) is 10.0 Å². The molecule has 5 nitrogen and oxygen atoms in total. The standard InChI is InChI=1S/C23H33Cl2N3O2/c1-16(2)9-10-26-22(29)21(17-5-3-4-6-17)27-11-13-28(14-12-27)23(30)18-7-8-19(24)20(25)15-18/h7-8,15-17,21H,3-6,9-14H2,1-2H3,(H,26,29)/t21-/m1/s1. The van der Waals surface area contributed by atoms with Gasteiger partial charge in [0.1, 0.15) is 0 Å². The second-order valence-corrected chi connectivity index (χ2v) is 9.73. The van der Waals surface area contributed by atoms with E-state index in [2.05, 4.69) is 24.1 Å². The molecule has 166 valence electrons. The third-order valence-electron chi connectivity index (χ3n) is 6.30. The average Bonchev–Trinajstić information content (AvgIpc) is 3.24. The van der Waals surface area contributed by atoms with Gasteiger partial charge in [-0.15, -0.1) is 0 Å². The highest BCUT2D eigenvalue weighted by Gasteiger charge is 2.37. The molecule has 1 aliphatic carbocycles. The summed E-state index contributed by atoms with van der Waals surface area (Å²) in [6.07, 6.45) is 5.64. The van der Waals surface area contributed by atoms with E-state index in [9.17, 15) is 9.59 Å². The predicted molar refractivity (Wildman–Crippen MR) is 122 cm³/mol. The fourth-order valence-corrected chi connectivity index (χ4v) is 4.85. The van der Waals surface area contributed by atoms with Crippen LogP contribution >= 0.6 is 23.2 Å². The van der Waals surface area contributed by atoms with Gasteiger partial charge in [-0.3, -0.25) is 14.5 Å². The summed E-state index contributed by atoms with van der Waals surface area (Å²) in [6, 6.07) is 4.92. The fourth-order valence-electron chi connectivity index (χ4n) is 4.55. The second-order valence-electron chi connectivity index (χ2n) is 8.92. The van der Waals surface area contributed by atoms with Gasteiger partial charge in [0.15, 0.2) is 0 Å². The van der Waals surface area contributed by atoms with Crippen molar-refractivity contribution in [2.75, 3.05) is 32.7 Å². The molecule has 0 spiro atoms. The molecule has 0 bridgehead atoms. The minimum atomic E-state index is -0.0816. The van der Waals surface area contributed by atoms with Gasteiger partial charge in [0.05, 0.1) is 16.1 Å². The zero-order chi connectivity index (χ0) is 21.7. The van der Waals surface area contributed by atoms with E-state index in [0.29, 0.717) is 53.6 Å². The summed E-state index contributed by atoms with van der Waals surface area (Å²) in [5.74, 6) is 1.12. The van der Waals surface area contributed by atoms with Crippen LogP contribution in [0.3, 0.4) is 0 Å². The number of hydrogen-bond donors (Lipinski definition) is 1. The van der Waals surface area contributed by atoms with Crippen molar-refractivity contribution in [1.29, 1.82) is 0 Å². The van der Waals surface area contributed by atoms with Crippen molar-refractivity contribution in [2.45, 2.75) is 52.0 Å². The van der Waals surface area contributed by atoms with Crippen molar-refractivity contribution in [1.82, 2.24) is 15.1 Å². The molecule has 0 radical (unpaired) electrons. The van der Waals surface area contributed by atoms with Gasteiger partial charge in [0.25, 0.3) is 5.91 Å². The number of benzene rings is 1. The van der Waals surface area contributed by atoms with Crippen molar-refractivity contribution in [2.24, 2.45) is 11.8 Å². The van der Waals surface area contributed by atoms with E-state index in [1.54, 1.807) is 18.2 Å². The minimum absolute atomic E-state index is 0.0352. The molecule has 30 heavy (non-hydrogen) atoms. The van der Waals surface area contributed by atoms with Crippen molar-refractivity contribution in [3.05, 3.63) is 33.8 Å². The number of hydrogen-bond acceptors (Lipinski definition) is 3. The van der Waals surface area contributed by atoms with E-state index in [-0.39, 0.29) is 17.9 Å². The van der Waals surface area contributed by atoms with Gasteiger partial charge >= 0.3 is 0 Å². The maximum Gasteiger partial charge on any atom is 0.253 e. The SMILES string of the molecule is CC(C)CCNC(=O)[C@@H](C1CCCC1)N1CCN(C(=O)c2ccc(Cl)c(Cl)c2)CC1. The number of carbonyl (C=O) groups is 2. The zero-order valence-corrected chi connectivity index (χ0v) is 19.5. The summed E-state index contributed by atoms with van der Waals surface area (Å²) < 4.78 is 0. The number of amides is 2. The quantitative estimate of drug-likeness (QED) is 0.662. The Morgan fingerprint density at radius 2 is 1.73 bits per heavy atom. The summed E-state index contributed by atoms with van der Waals surface area (Å²) in [5, 5.41) is 4.01. The van der Waals surface area contributed by atoms with Gasteiger partial charge in [0, 0.05) is 38.3 Å². The van der Waals surface area contributed by atoms with Crippen molar-refractivity contribution in [3.8, 4) is 0 Å². The second kappa shape index (κ2) is 10.8. The lowest BCUT2D eigenvalue weighted by Gasteiger charge is -2.40. The van der Waals surface area contributed by atoms with Gasteiger partial charge in [-0.2, -0.15) is 0 Å². The molecule has 2 aliphatic rings. The number of nitrogens with zero attached hydrogens (tertiary/aromatic N) is 2. The Balaban J connectivity index is 1.61. The van der Waals surface area contributed by atoms with E-state index in [0.717, 1.165) is 25.8 Å². The molecule has 1 atom stereocenters. The molecule has 1 aromatic rings. The number of piperazine rings is 1. The smallest absolute Gasteiger partial charge is 0.253 e. The van der Waals surface area contributed by atoms with Crippen LogP contribution in [0.1, 0.15) is 56.3 Å². The molecule has 1 heterocycles. The van der Waals surface area contributed by atoms with Crippen LogP contribution in [0.25, 0.3) is 0 Å². The normalized spacial score (nSPS) is 19.3. The lowest BCUT2D eigenvalue weighted by molar-refractivity contribution is -0.129. The maximum atomic E-state index is 13.1. The van der Waals surface area contributed by atoms with Crippen LogP contribution in [-0.4, -0.2) is 60.4 Å². The van der Waals surface area contributed by atoms with Gasteiger partial charge in [-0.25, -0.2) is 0 Å². The lowest BCUT2D eigenvalue weighted by atomic mass is 9.94. The molecule has 3 rings (SSSR count). The highest BCUT2D eigenvalue weighted by atomic mass is 35.5. The molecule has 0 unspecified atom stereocenters. The zero-order valence-electron chi connectivity index (χ0n) is 18.0. The predicted octanol–water partition coefficient (Wildman–Crippen LogP) is 4.47. The van der Waals surface area contributed by atoms with Gasteiger partial charge < -0.3 is 10.2 Å². The Hall–Kier alpha value is -1.30. The third-order valence-corrected chi connectivity index (χ3v) is 7.04. The summed E-state index contributed by atoms with van der Waals surface area (Å²) in [4.78, 5) is 30.1. The molecule has 1 saturated carbocycles. The van der Waals surface area contributed by atoms with Crippen LogP contribution in [-0.2, 0) is 4.79 Å². The number of halogens is 2. The number of rotatable bonds is 7. The van der Waals surface area contributed by atoms with Crippen molar-refractivity contribution in [3.63, 3.8) is 0 Å². The Morgan fingerprint density at radius 1 is 1.07 bits per heavy atom. The Labute approximate surface area is 190 Å². The molecular weight excluding hydrogens is 421 g/mol. The Morgan fingerprint density at radius 3 is 2.33 bits per heavy atom. The lowest BCUT2D eigenvalue weighted by Crippen LogP contribution is -2.58. The molecule has 2 amide bonds. The molecule has 1 aliphatic heterocycles. The van der Waals surface area contributed by atoms with Gasteiger partial charge in [-0.1, -0.05) is 49.9 Å². The van der Waals surface area contributed by atoms with E-state index in [4.69, 9.17) is 23.2 Å². The van der Waals surface area contributed by atoms with Crippen LogP contribution in [0, 0.1) is 11.8 Å². The molecule has 7 heteroatoms. The first-order valence-corrected chi connectivity index (χ1v) is 11.9. The molecule has 1 aromatic carbocycles. The van der Waals surface area contributed by atoms with E-state index in [1.165, 1.54) is 12.8 Å². The van der Waals surface area contributed by atoms with Crippen LogP contribution in [0.15, 0.2) is 18.2 Å². The number of nitrogens with one attached hydrogen (secondary N) is 1. The molecule has 0 aromatic heterocycles. The largest absolute Gasteiger partial charge is 0.355 e. The molecule has 1 N–H and O–H groups in total. The first kappa shape index (κ1) is 23.4. The van der Waals surface area contributed by atoms with E-state index in [1.807, 2.05) is 4.90 Å². The summed E-state index contributed by atoms with van der Waals surface area (Å²) in [5.41, 5.74) is 0.552. The first-order chi connectivity index (χ1) is 14.4. The van der Waals surface area contributed by atoms with Crippen molar-refractivity contribution >= 4 is 35.0 Å². The molecule has 1 saturated heterocycles. The van der Waals surface area contributed by atoms with Crippen LogP contribution < -0.4 is 5.32 Å². The summed E-state index contributed by atoms with van der Waals surface area (Å²) >= 11 is 12.0. The van der Waals surface area contributed by atoms with Gasteiger partial charge in [-0.05, 0) is 49.3 Å². The van der Waals surface area contributed by atoms with E-state index < -0.39 is 0 Å². The van der Waals surface area contributed by atoms with Gasteiger partial charge in [0.2, 0.25) is 5.91 Å². The maximum absolute atomic E-state index is 13.1. The minimum Gasteiger partial charge on any atom is -0.355 e. The van der Waals surface area contributed by atoms with Crippen molar-refractivity contribution < 1.29 is 9.59 Å². The Kier molecular flexibility index (Phi) is 8.44. The Bertz CT molecular complexity index is 742.